The minimum Gasteiger partial charge on any atom is -0.320 e. The summed E-state index contributed by atoms with van der Waals surface area (Å²) in [5, 5.41) is 0. The smallest absolute Gasteiger partial charge is 0.113 e. The number of benzene rings is 2. The van der Waals surface area contributed by atoms with E-state index >= 15 is 0 Å². The molecular weight excluding hydrogens is 268 g/mol. The van der Waals surface area contributed by atoms with Crippen LogP contribution in [0.4, 0.5) is 5.69 Å². The van der Waals surface area contributed by atoms with Crippen molar-refractivity contribution in [3.63, 3.8) is 0 Å². The van der Waals surface area contributed by atoms with Gasteiger partial charge in [-0.2, -0.15) is 0 Å². The van der Waals surface area contributed by atoms with Gasteiger partial charge in [-0.25, -0.2) is 4.21 Å². The van der Waals surface area contributed by atoms with Crippen LogP contribution in [0.3, 0.4) is 0 Å². The Morgan fingerprint density at radius 3 is 2.55 bits per heavy atom. The maximum Gasteiger partial charge on any atom is 0.113 e. The predicted molar refractivity (Wildman–Crippen MR) is 86.1 cm³/mol. The summed E-state index contributed by atoms with van der Waals surface area (Å²) in [6.07, 6.45) is 1.61. The number of nitrogens with two attached hydrogens (primary N) is 1. The van der Waals surface area contributed by atoms with Gasteiger partial charge >= 0.3 is 0 Å². The largest absolute Gasteiger partial charge is 0.320 e. The van der Waals surface area contributed by atoms with Crippen LogP contribution in [0.1, 0.15) is 28.3 Å². The second kappa shape index (κ2) is 6.20. The maximum atomic E-state index is 11.2. The summed E-state index contributed by atoms with van der Waals surface area (Å²) >= 11 is 0. The molecule has 0 aliphatic rings. The van der Waals surface area contributed by atoms with Crippen molar-refractivity contribution in [2.24, 2.45) is 5.73 Å². The van der Waals surface area contributed by atoms with Crippen molar-refractivity contribution in [3.8, 4) is 0 Å². The van der Waals surface area contributed by atoms with Crippen LogP contribution in [0.5, 0.6) is 0 Å². The van der Waals surface area contributed by atoms with Crippen molar-refractivity contribution in [1.82, 2.24) is 0 Å². The van der Waals surface area contributed by atoms with Gasteiger partial charge in [-0.05, 0) is 42.7 Å². The van der Waals surface area contributed by atoms with Gasteiger partial charge in [-0.15, -0.1) is 0 Å². The van der Waals surface area contributed by atoms with Crippen LogP contribution >= 0.6 is 0 Å². The van der Waals surface area contributed by atoms with Gasteiger partial charge < -0.3 is 10.5 Å². The molecule has 0 fully saturated rings. The topological polar surface area (TPSA) is 55.1 Å². The lowest BCUT2D eigenvalue weighted by Gasteiger charge is -2.17. The summed E-state index contributed by atoms with van der Waals surface area (Å²) in [6, 6.07) is 13.9. The van der Waals surface area contributed by atoms with E-state index in [9.17, 15) is 4.21 Å². The lowest BCUT2D eigenvalue weighted by molar-refractivity contribution is 0.690. The predicted octanol–water partition coefficient (Wildman–Crippen LogP) is 3.06. The molecule has 4 heteroatoms. The van der Waals surface area contributed by atoms with Crippen molar-refractivity contribution in [2.75, 3.05) is 11.0 Å². The van der Waals surface area contributed by atoms with E-state index in [4.69, 9.17) is 5.73 Å². The van der Waals surface area contributed by atoms with Crippen LogP contribution < -0.4 is 10.5 Å². The molecule has 0 aliphatic carbocycles. The number of anilines is 1. The first-order chi connectivity index (χ1) is 9.47. The molecule has 2 atom stereocenters. The molecule has 3 nitrogen and oxygen atoms in total. The molecule has 3 N–H and O–H groups in total. The van der Waals surface area contributed by atoms with E-state index in [1.807, 2.05) is 24.3 Å². The average Bonchev–Trinajstić information content (AvgIpc) is 2.37. The first-order valence-corrected chi connectivity index (χ1v) is 8.06. The summed E-state index contributed by atoms with van der Waals surface area (Å²) in [7, 11) is -1.08. The lowest BCUT2D eigenvalue weighted by atomic mass is 9.94. The summed E-state index contributed by atoms with van der Waals surface area (Å²) in [5.41, 5.74) is 11.7. The summed E-state index contributed by atoms with van der Waals surface area (Å²) < 4.78 is 14.1. The van der Waals surface area contributed by atoms with E-state index in [1.54, 1.807) is 6.26 Å². The van der Waals surface area contributed by atoms with Gasteiger partial charge in [0.25, 0.3) is 0 Å². The Balaban J connectivity index is 2.32. The third-order valence-corrected chi connectivity index (χ3v) is 3.79. The number of aryl methyl sites for hydroxylation is 2. The number of rotatable bonds is 4. The van der Waals surface area contributed by atoms with Crippen molar-refractivity contribution < 1.29 is 4.21 Å². The van der Waals surface area contributed by atoms with E-state index in [1.165, 1.54) is 11.1 Å². The molecule has 0 amide bonds. The zero-order valence-corrected chi connectivity index (χ0v) is 12.8. The molecule has 0 aliphatic heterocycles. The highest BCUT2D eigenvalue weighted by atomic mass is 32.2. The molecule has 0 heterocycles. The summed E-state index contributed by atoms with van der Waals surface area (Å²) in [4.78, 5) is 0. The number of hydrogen-bond acceptors (Lipinski definition) is 2. The van der Waals surface area contributed by atoms with Gasteiger partial charge in [0.1, 0.15) is 11.0 Å². The minimum atomic E-state index is -1.08. The van der Waals surface area contributed by atoms with Crippen molar-refractivity contribution in [1.29, 1.82) is 0 Å². The van der Waals surface area contributed by atoms with E-state index in [2.05, 4.69) is 36.8 Å². The SMILES string of the molecule is Cc1ccc(C(N)c2cccc(NS(C)=O)c2)c(C)c1. The molecular formula is C16H20N2OS. The van der Waals surface area contributed by atoms with Crippen LogP contribution in [0.15, 0.2) is 42.5 Å². The van der Waals surface area contributed by atoms with Crippen LogP contribution in [0, 0.1) is 13.8 Å². The Hall–Kier alpha value is -1.65. The molecule has 0 saturated carbocycles. The molecule has 20 heavy (non-hydrogen) atoms. The molecule has 2 rings (SSSR count). The van der Waals surface area contributed by atoms with Crippen LogP contribution in [0.25, 0.3) is 0 Å². The van der Waals surface area contributed by atoms with Gasteiger partial charge in [-0.1, -0.05) is 35.9 Å². The Morgan fingerprint density at radius 1 is 1.15 bits per heavy atom. The Morgan fingerprint density at radius 2 is 1.90 bits per heavy atom. The van der Waals surface area contributed by atoms with E-state index < -0.39 is 11.0 Å². The van der Waals surface area contributed by atoms with Crippen LogP contribution in [0.2, 0.25) is 0 Å². The lowest BCUT2D eigenvalue weighted by Crippen LogP contribution is -2.14. The van der Waals surface area contributed by atoms with Gasteiger partial charge in [0.15, 0.2) is 0 Å². The van der Waals surface area contributed by atoms with Gasteiger partial charge in [0, 0.05) is 11.9 Å². The van der Waals surface area contributed by atoms with Gasteiger partial charge in [0.2, 0.25) is 0 Å². The highest BCUT2D eigenvalue weighted by Gasteiger charge is 2.12. The fraction of sp³-hybridized carbons (Fsp3) is 0.250. The average molecular weight is 288 g/mol. The standard InChI is InChI=1S/C16H20N2OS/c1-11-7-8-15(12(2)9-11)16(17)13-5-4-6-14(10-13)18-20(3)19/h4-10,16,18H,17H2,1-3H3. The zero-order valence-electron chi connectivity index (χ0n) is 12.0. The molecule has 2 aromatic rings. The monoisotopic (exact) mass is 288 g/mol. The molecule has 2 aromatic carbocycles. The van der Waals surface area contributed by atoms with Crippen LogP contribution in [-0.4, -0.2) is 10.5 Å². The Labute approximate surface area is 122 Å². The summed E-state index contributed by atoms with van der Waals surface area (Å²) in [6.45, 7) is 4.15. The van der Waals surface area contributed by atoms with E-state index in [0.717, 1.165) is 16.8 Å². The first-order valence-electron chi connectivity index (χ1n) is 6.50. The highest BCUT2D eigenvalue weighted by Crippen LogP contribution is 2.25. The fourth-order valence-electron chi connectivity index (χ4n) is 2.32. The van der Waals surface area contributed by atoms with Gasteiger partial charge in [-0.3, -0.25) is 0 Å². The van der Waals surface area contributed by atoms with Crippen LogP contribution in [-0.2, 0) is 11.0 Å². The molecule has 0 spiro atoms. The normalized spacial score (nSPS) is 13.8. The van der Waals surface area contributed by atoms with Gasteiger partial charge in [0.05, 0.1) is 6.04 Å². The summed E-state index contributed by atoms with van der Waals surface area (Å²) in [5.74, 6) is 0. The molecule has 2 unspecified atom stereocenters. The molecule has 0 bridgehead atoms. The molecule has 0 saturated heterocycles. The zero-order chi connectivity index (χ0) is 14.7. The minimum absolute atomic E-state index is 0.178. The molecule has 0 radical (unpaired) electrons. The number of nitrogens with one attached hydrogen (secondary N) is 1. The third-order valence-electron chi connectivity index (χ3n) is 3.27. The second-order valence-corrected chi connectivity index (χ2v) is 6.13. The molecule has 106 valence electrons. The number of hydrogen-bond donors (Lipinski definition) is 2. The maximum absolute atomic E-state index is 11.2. The highest BCUT2D eigenvalue weighted by molar-refractivity contribution is 7.85. The second-order valence-electron chi connectivity index (χ2n) is 5.02. The Kier molecular flexibility index (Phi) is 4.57. The van der Waals surface area contributed by atoms with Crippen molar-refractivity contribution in [2.45, 2.75) is 19.9 Å². The fourth-order valence-corrected chi connectivity index (χ4v) is 2.77. The van der Waals surface area contributed by atoms with E-state index in [-0.39, 0.29) is 6.04 Å². The Bertz CT molecular complexity index is 640. The molecule has 0 aromatic heterocycles. The first kappa shape index (κ1) is 14.8. The van der Waals surface area contributed by atoms with Crippen molar-refractivity contribution in [3.05, 3.63) is 64.7 Å². The quantitative estimate of drug-likeness (QED) is 0.908. The third kappa shape index (κ3) is 3.46. The van der Waals surface area contributed by atoms with Crippen molar-refractivity contribution >= 4 is 16.7 Å². The van der Waals surface area contributed by atoms with E-state index in [0.29, 0.717) is 0 Å².